The number of nitrogens with one attached hydrogen (secondary N) is 1. The molecule has 0 aliphatic carbocycles. The molecule has 1 atom stereocenters. The van der Waals surface area contributed by atoms with Crippen molar-refractivity contribution in [3.05, 3.63) is 66.2 Å². The first-order chi connectivity index (χ1) is 21.5. The molecule has 0 bridgehead atoms. The van der Waals surface area contributed by atoms with Gasteiger partial charge in [0.05, 0.1) is 46.1 Å². The molecule has 1 N–H and O–H groups in total. The number of ether oxygens (including phenoxy) is 5. The number of benzene rings is 3. The van der Waals surface area contributed by atoms with E-state index in [0.717, 1.165) is 4.31 Å². The second-order valence-corrected chi connectivity index (χ2v) is 11.8. The van der Waals surface area contributed by atoms with Crippen molar-refractivity contribution >= 4 is 27.5 Å². The summed E-state index contributed by atoms with van der Waals surface area (Å²) in [6.07, 6.45) is 0.706. The van der Waals surface area contributed by atoms with Crippen LogP contribution in [0, 0.1) is 0 Å². The third-order valence-corrected chi connectivity index (χ3v) is 8.86. The molecule has 45 heavy (non-hydrogen) atoms. The van der Waals surface area contributed by atoms with E-state index in [-0.39, 0.29) is 34.5 Å². The third kappa shape index (κ3) is 8.29. The topological polar surface area (TPSA) is 133 Å². The van der Waals surface area contributed by atoms with Gasteiger partial charge in [-0.25, -0.2) is 8.42 Å². The Bertz CT molecular complexity index is 1560. The van der Waals surface area contributed by atoms with Crippen molar-refractivity contribution in [2.75, 3.05) is 52.9 Å². The molecule has 244 valence electrons. The molecule has 0 saturated carbocycles. The first kappa shape index (κ1) is 34.8. The quantitative estimate of drug-likeness (QED) is 0.247. The SMILES string of the molecule is CCCNC(=O)[C@H](C)N(Cc1ccc(OC)cc1)C(=O)CN(c1cc(OC)ccc1OC)S(=O)(=O)c1ccc(OC)c(OC)c1. The van der Waals surface area contributed by atoms with Gasteiger partial charge in [-0.1, -0.05) is 19.1 Å². The van der Waals surface area contributed by atoms with Crippen molar-refractivity contribution in [1.29, 1.82) is 0 Å². The molecule has 0 heterocycles. The number of hydrogen-bond donors (Lipinski definition) is 1. The van der Waals surface area contributed by atoms with E-state index in [1.165, 1.54) is 57.6 Å². The second kappa shape index (κ2) is 15.9. The number of anilines is 1. The van der Waals surface area contributed by atoms with E-state index in [2.05, 4.69) is 5.32 Å². The normalized spacial score (nSPS) is 11.6. The molecular weight excluding hydrogens is 602 g/mol. The van der Waals surface area contributed by atoms with Gasteiger partial charge in [0.2, 0.25) is 11.8 Å². The molecule has 12 nitrogen and oxygen atoms in total. The number of rotatable bonds is 16. The van der Waals surface area contributed by atoms with Gasteiger partial charge in [-0.2, -0.15) is 0 Å². The van der Waals surface area contributed by atoms with Crippen molar-refractivity contribution in [2.45, 2.75) is 37.8 Å². The molecule has 0 saturated heterocycles. The summed E-state index contributed by atoms with van der Waals surface area (Å²) in [6, 6.07) is 14.9. The summed E-state index contributed by atoms with van der Waals surface area (Å²) < 4.78 is 56.5. The van der Waals surface area contributed by atoms with Crippen LogP contribution in [0.1, 0.15) is 25.8 Å². The molecule has 0 aromatic heterocycles. The number of carbonyl (C=O) groups excluding carboxylic acids is 2. The zero-order valence-electron chi connectivity index (χ0n) is 26.7. The Labute approximate surface area is 264 Å². The molecule has 0 unspecified atom stereocenters. The zero-order chi connectivity index (χ0) is 33.1. The molecule has 0 radical (unpaired) electrons. The van der Waals surface area contributed by atoms with Crippen molar-refractivity contribution < 1.29 is 41.7 Å². The van der Waals surface area contributed by atoms with Gasteiger partial charge in [0, 0.05) is 25.2 Å². The average molecular weight is 644 g/mol. The van der Waals surface area contributed by atoms with Gasteiger partial charge in [0.15, 0.2) is 11.5 Å². The minimum absolute atomic E-state index is 0.0308. The van der Waals surface area contributed by atoms with Crippen LogP contribution in [0.25, 0.3) is 0 Å². The van der Waals surface area contributed by atoms with Crippen molar-refractivity contribution in [2.24, 2.45) is 0 Å². The predicted molar refractivity (Wildman–Crippen MR) is 170 cm³/mol. The van der Waals surface area contributed by atoms with E-state index >= 15 is 0 Å². The monoisotopic (exact) mass is 643 g/mol. The highest BCUT2D eigenvalue weighted by Crippen LogP contribution is 2.37. The Hall–Kier alpha value is -4.65. The number of nitrogens with zero attached hydrogens (tertiary/aromatic N) is 2. The second-order valence-electron chi connectivity index (χ2n) is 9.90. The fourth-order valence-corrected chi connectivity index (χ4v) is 5.95. The summed E-state index contributed by atoms with van der Waals surface area (Å²) in [5.41, 5.74) is 0.778. The van der Waals surface area contributed by atoms with Crippen LogP contribution < -0.4 is 33.3 Å². The van der Waals surface area contributed by atoms with Crippen molar-refractivity contribution in [3.63, 3.8) is 0 Å². The minimum atomic E-state index is -4.44. The lowest BCUT2D eigenvalue weighted by Crippen LogP contribution is -2.51. The molecule has 0 aliphatic heterocycles. The van der Waals surface area contributed by atoms with Crippen molar-refractivity contribution in [1.82, 2.24) is 10.2 Å². The molecule has 13 heteroatoms. The van der Waals surface area contributed by atoms with E-state index in [0.29, 0.717) is 35.8 Å². The maximum absolute atomic E-state index is 14.4. The maximum atomic E-state index is 14.4. The predicted octanol–water partition coefficient (Wildman–Crippen LogP) is 3.87. The summed E-state index contributed by atoms with van der Waals surface area (Å²) in [5.74, 6) is 0.671. The Morgan fingerprint density at radius 2 is 1.38 bits per heavy atom. The number of methoxy groups -OCH3 is 5. The number of amides is 2. The van der Waals surface area contributed by atoms with E-state index < -0.39 is 28.5 Å². The van der Waals surface area contributed by atoms with Gasteiger partial charge in [0.25, 0.3) is 10.0 Å². The largest absolute Gasteiger partial charge is 0.497 e. The van der Waals surface area contributed by atoms with E-state index in [1.807, 2.05) is 6.92 Å². The van der Waals surface area contributed by atoms with Crippen LogP contribution in [0.3, 0.4) is 0 Å². The molecule has 2 amide bonds. The first-order valence-electron chi connectivity index (χ1n) is 14.2. The fraction of sp³-hybridized carbons (Fsp3) is 0.375. The van der Waals surface area contributed by atoms with E-state index in [1.54, 1.807) is 50.4 Å². The lowest BCUT2D eigenvalue weighted by Gasteiger charge is -2.32. The summed E-state index contributed by atoms with van der Waals surface area (Å²) >= 11 is 0. The van der Waals surface area contributed by atoms with Gasteiger partial charge in [0.1, 0.15) is 29.8 Å². The van der Waals surface area contributed by atoms with Gasteiger partial charge in [-0.15, -0.1) is 0 Å². The summed E-state index contributed by atoms with van der Waals surface area (Å²) in [7, 11) is 2.77. The van der Waals surface area contributed by atoms with Gasteiger partial charge in [-0.05, 0) is 55.3 Å². The van der Waals surface area contributed by atoms with Crippen LogP contribution in [-0.2, 0) is 26.2 Å². The molecule has 3 aromatic carbocycles. The highest BCUT2D eigenvalue weighted by Gasteiger charge is 2.34. The van der Waals surface area contributed by atoms with E-state index in [4.69, 9.17) is 23.7 Å². The fourth-order valence-electron chi connectivity index (χ4n) is 4.52. The molecular formula is C32H41N3O9S. The average Bonchev–Trinajstić information content (AvgIpc) is 3.07. The van der Waals surface area contributed by atoms with E-state index in [9.17, 15) is 18.0 Å². The van der Waals surface area contributed by atoms with Crippen LogP contribution >= 0.6 is 0 Å². The first-order valence-corrected chi connectivity index (χ1v) is 15.6. The number of hydrogen-bond acceptors (Lipinski definition) is 9. The van der Waals surface area contributed by atoms with Gasteiger partial charge >= 0.3 is 0 Å². The lowest BCUT2D eigenvalue weighted by atomic mass is 10.1. The van der Waals surface area contributed by atoms with Crippen LogP contribution in [0.15, 0.2) is 65.6 Å². The Balaban J connectivity index is 2.15. The maximum Gasteiger partial charge on any atom is 0.265 e. The van der Waals surface area contributed by atoms with Crippen LogP contribution in [0.2, 0.25) is 0 Å². The van der Waals surface area contributed by atoms with Crippen LogP contribution in [-0.4, -0.2) is 79.8 Å². The van der Waals surface area contributed by atoms with Gasteiger partial charge in [-0.3, -0.25) is 13.9 Å². The lowest BCUT2D eigenvalue weighted by molar-refractivity contribution is -0.139. The van der Waals surface area contributed by atoms with Gasteiger partial charge < -0.3 is 33.9 Å². The molecule has 0 aliphatic rings. The Morgan fingerprint density at radius 3 is 1.96 bits per heavy atom. The molecule has 3 rings (SSSR count). The Kier molecular flexibility index (Phi) is 12.3. The minimum Gasteiger partial charge on any atom is -0.497 e. The van der Waals surface area contributed by atoms with Crippen LogP contribution in [0.4, 0.5) is 5.69 Å². The summed E-state index contributed by atoms with van der Waals surface area (Å²) in [5, 5.41) is 2.82. The van der Waals surface area contributed by atoms with Crippen LogP contribution in [0.5, 0.6) is 28.7 Å². The highest BCUT2D eigenvalue weighted by atomic mass is 32.2. The summed E-state index contributed by atoms with van der Waals surface area (Å²) in [6.45, 7) is 3.31. The smallest absolute Gasteiger partial charge is 0.265 e. The standard InChI is InChI=1S/C32H41N3O9S/c1-8-17-33-32(37)22(2)34(20-23-9-11-24(40-3)12-10-23)31(36)21-35(27-18-25(41-4)13-15-28(27)42-5)45(38,39)26-14-16-29(43-6)30(19-26)44-7/h9-16,18-19,22H,8,17,20-21H2,1-7H3,(H,33,37)/t22-/m0/s1. The summed E-state index contributed by atoms with van der Waals surface area (Å²) in [4.78, 5) is 28.5. The Morgan fingerprint density at radius 1 is 0.778 bits per heavy atom. The molecule has 3 aromatic rings. The zero-order valence-corrected chi connectivity index (χ0v) is 27.5. The molecule has 0 fully saturated rings. The number of sulfonamides is 1. The molecule has 0 spiro atoms. The number of carbonyl (C=O) groups is 2. The van der Waals surface area contributed by atoms with Crippen molar-refractivity contribution in [3.8, 4) is 28.7 Å². The third-order valence-electron chi connectivity index (χ3n) is 7.11. The highest BCUT2D eigenvalue weighted by molar-refractivity contribution is 7.92.